The van der Waals surface area contributed by atoms with E-state index in [1.165, 1.54) is 6.92 Å². The Kier molecular flexibility index (Phi) is 2.55. The molecule has 72 valence electrons. The Balaban J connectivity index is 2.66. The number of allylic oxidation sites excluding steroid dienone is 1. The molecule has 1 amide bonds. The highest BCUT2D eigenvalue weighted by molar-refractivity contribution is 5.93. The van der Waals surface area contributed by atoms with Crippen molar-refractivity contribution in [2.24, 2.45) is 10.4 Å². The molecule has 0 saturated carbocycles. The molecule has 0 fully saturated rings. The molecule has 0 aromatic heterocycles. The lowest BCUT2D eigenvalue weighted by molar-refractivity contribution is -0.118. The molecule has 1 aliphatic heterocycles. The summed E-state index contributed by atoms with van der Waals surface area (Å²) in [6, 6.07) is 0. The summed E-state index contributed by atoms with van der Waals surface area (Å²) in [5, 5.41) is 2.68. The first-order valence-electron chi connectivity index (χ1n) is 4.45. The summed E-state index contributed by atoms with van der Waals surface area (Å²) in [7, 11) is 0. The summed E-state index contributed by atoms with van der Waals surface area (Å²) >= 11 is 0. The van der Waals surface area contributed by atoms with Crippen LogP contribution in [0.3, 0.4) is 0 Å². The largest absolute Gasteiger partial charge is 0.311 e. The molecule has 1 N–H and O–H groups in total. The first-order chi connectivity index (χ1) is 5.89. The second kappa shape index (κ2) is 3.32. The van der Waals surface area contributed by atoms with Crippen molar-refractivity contribution in [3.05, 3.63) is 11.9 Å². The molecule has 13 heavy (non-hydrogen) atoms. The Labute approximate surface area is 78.9 Å². The quantitative estimate of drug-likeness (QED) is 0.657. The van der Waals surface area contributed by atoms with E-state index in [-0.39, 0.29) is 11.3 Å². The molecular weight excluding hydrogens is 164 g/mol. The maximum atomic E-state index is 10.7. The Morgan fingerprint density at radius 2 is 2.15 bits per heavy atom. The SMILES string of the molecule is CC(=O)NC1=CCC(C(C)(C)C)=N1. The zero-order valence-electron chi connectivity index (χ0n) is 8.64. The van der Waals surface area contributed by atoms with Crippen molar-refractivity contribution >= 4 is 11.6 Å². The summed E-state index contributed by atoms with van der Waals surface area (Å²) in [6.45, 7) is 7.86. The maximum absolute atomic E-state index is 10.7. The van der Waals surface area contributed by atoms with E-state index in [9.17, 15) is 4.79 Å². The van der Waals surface area contributed by atoms with Gasteiger partial charge in [0.1, 0.15) is 5.82 Å². The first kappa shape index (κ1) is 9.96. The minimum Gasteiger partial charge on any atom is -0.311 e. The van der Waals surface area contributed by atoms with Gasteiger partial charge in [0.05, 0.1) is 0 Å². The van der Waals surface area contributed by atoms with Crippen molar-refractivity contribution in [1.82, 2.24) is 5.32 Å². The van der Waals surface area contributed by atoms with Gasteiger partial charge in [-0.2, -0.15) is 0 Å². The highest BCUT2D eigenvalue weighted by Crippen LogP contribution is 2.23. The maximum Gasteiger partial charge on any atom is 0.222 e. The van der Waals surface area contributed by atoms with E-state index in [1.807, 2.05) is 6.08 Å². The number of rotatable bonds is 1. The predicted molar refractivity (Wildman–Crippen MR) is 53.4 cm³/mol. The molecule has 3 nitrogen and oxygen atoms in total. The van der Waals surface area contributed by atoms with Crippen LogP contribution in [-0.2, 0) is 4.79 Å². The van der Waals surface area contributed by atoms with Crippen LogP contribution < -0.4 is 5.32 Å². The Morgan fingerprint density at radius 3 is 2.54 bits per heavy atom. The highest BCUT2D eigenvalue weighted by atomic mass is 16.1. The number of carbonyl (C=O) groups is 1. The van der Waals surface area contributed by atoms with Crippen molar-refractivity contribution < 1.29 is 4.79 Å². The van der Waals surface area contributed by atoms with Gasteiger partial charge in [0.25, 0.3) is 0 Å². The number of nitrogens with one attached hydrogen (secondary N) is 1. The molecule has 0 unspecified atom stereocenters. The molecule has 3 heteroatoms. The van der Waals surface area contributed by atoms with E-state index in [4.69, 9.17) is 0 Å². The Bertz CT molecular complexity index is 282. The standard InChI is InChI=1S/C10H16N2O/c1-7(13)11-9-6-5-8(12-9)10(2,3)4/h6H,5H2,1-4H3,(H,11,13). The van der Waals surface area contributed by atoms with Crippen LogP contribution in [0.2, 0.25) is 0 Å². The van der Waals surface area contributed by atoms with Crippen molar-refractivity contribution in [3.8, 4) is 0 Å². The third-order valence-corrected chi connectivity index (χ3v) is 1.91. The number of amides is 1. The lowest BCUT2D eigenvalue weighted by Crippen LogP contribution is -2.20. The smallest absolute Gasteiger partial charge is 0.222 e. The van der Waals surface area contributed by atoms with Crippen molar-refractivity contribution in [2.45, 2.75) is 34.1 Å². The third-order valence-electron chi connectivity index (χ3n) is 1.91. The summed E-state index contributed by atoms with van der Waals surface area (Å²) < 4.78 is 0. The van der Waals surface area contributed by atoms with Crippen LogP contribution in [0, 0.1) is 5.41 Å². The molecule has 1 heterocycles. The van der Waals surface area contributed by atoms with E-state index in [1.54, 1.807) is 0 Å². The van der Waals surface area contributed by atoms with Gasteiger partial charge >= 0.3 is 0 Å². The lowest BCUT2D eigenvalue weighted by atomic mass is 9.89. The fourth-order valence-corrected chi connectivity index (χ4v) is 1.16. The fourth-order valence-electron chi connectivity index (χ4n) is 1.16. The van der Waals surface area contributed by atoms with Gasteiger partial charge in [-0.3, -0.25) is 4.79 Å². The molecule has 0 atom stereocenters. The van der Waals surface area contributed by atoms with Gasteiger partial charge in [0, 0.05) is 24.5 Å². The zero-order chi connectivity index (χ0) is 10.1. The van der Waals surface area contributed by atoms with Gasteiger partial charge in [-0.25, -0.2) is 4.99 Å². The summed E-state index contributed by atoms with van der Waals surface area (Å²) in [6.07, 6.45) is 2.79. The summed E-state index contributed by atoms with van der Waals surface area (Å²) in [5.41, 5.74) is 1.22. The minimum absolute atomic E-state index is 0.0647. The van der Waals surface area contributed by atoms with Crippen LogP contribution in [0.4, 0.5) is 0 Å². The zero-order valence-corrected chi connectivity index (χ0v) is 8.64. The van der Waals surface area contributed by atoms with Crippen molar-refractivity contribution in [2.75, 3.05) is 0 Å². The molecule has 0 aliphatic carbocycles. The normalized spacial score (nSPS) is 16.6. The van der Waals surface area contributed by atoms with Gasteiger partial charge in [0.15, 0.2) is 0 Å². The number of hydrogen-bond donors (Lipinski definition) is 1. The molecular formula is C10H16N2O. The number of hydrogen-bond acceptors (Lipinski definition) is 2. The molecule has 0 aromatic rings. The monoisotopic (exact) mass is 180 g/mol. The molecule has 0 aromatic carbocycles. The predicted octanol–water partition coefficient (Wildman–Crippen LogP) is 1.85. The van der Waals surface area contributed by atoms with E-state index in [0.29, 0.717) is 5.82 Å². The molecule has 0 spiro atoms. The van der Waals surface area contributed by atoms with Crippen LogP contribution in [-0.4, -0.2) is 11.6 Å². The summed E-state index contributed by atoms with van der Waals surface area (Å²) in [5.74, 6) is 0.627. The van der Waals surface area contributed by atoms with Gasteiger partial charge in [-0.15, -0.1) is 0 Å². The van der Waals surface area contributed by atoms with Crippen LogP contribution in [0.5, 0.6) is 0 Å². The van der Waals surface area contributed by atoms with Crippen molar-refractivity contribution in [3.63, 3.8) is 0 Å². The Morgan fingerprint density at radius 1 is 1.54 bits per heavy atom. The average molecular weight is 180 g/mol. The van der Waals surface area contributed by atoms with Crippen LogP contribution in [0.25, 0.3) is 0 Å². The van der Waals surface area contributed by atoms with Crippen molar-refractivity contribution in [1.29, 1.82) is 0 Å². The van der Waals surface area contributed by atoms with E-state index < -0.39 is 0 Å². The molecule has 0 saturated heterocycles. The van der Waals surface area contributed by atoms with Gasteiger partial charge in [-0.1, -0.05) is 20.8 Å². The second-order valence-corrected chi connectivity index (χ2v) is 4.28. The Hall–Kier alpha value is -1.12. The minimum atomic E-state index is -0.0647. The number of carbonyl (C=O) groups excluding carboxylic acids is 1. The number of aliphatic imine (C=N–C) groups is 1. The van der Waals surface area contributed by atoms with Gasteiger partial charge in [0.2, 0.25) is 5.91 Å². The average Bonchev–Trinajstić information content (AvgIpc) is 2.32. The second-order valence-electron chi connectivity index (χ2n) is 4.28. The fraction of sp³-hybridized carbons (Fsp3) is 0.600. The van der Waals surface area contributed by atoms with E-state index >= 15 is 0 Å². The molecule has 1 rings (SSSR count). The highest BCUT2D eigenvalue weighted by Gasteiger charge is 2.21. The van der Waals surface area contributed by atoms with Crippen LogP contribution >= 0.6 is 0 Å². The summed E-state index contributed by atoms with van der Waals surface area (Å²) in [4.78, 5) is 15.1. The van der Waals surface area contributed by atoms with Gasteiger partial charge < -0.3 is 5.32 Å². The number of nitrogens with zero attached hydrogens (tertiary/aromatic N) is 1. The van der Waals surface area contributed by atoms with Gasteiger partial charge in [-0.05, 0) is 6.08 Å². The van der Waals surface area contributed by atoms with Crippen LogP contribution in [0.1, 0.15) is 34.1 Å². The molecule has 1 aliphatic rings. The van der Waals surface area contributed by atoms with E-state index in [2.05, 4.69) is 31.1 Å². The topological polar surface area (TPSA) is 41.5 Å². The molecule has 0 bridgehead atoms. The van der Waals surface area contributed by atoms with Crippen LogP contribution in [0.15, 0.2) is 16.9 Å². The first-order valence-corrected chi connectivity index (χ1v) is 4.45. The molecule has 0 radical (unpaired) electrons. The lowest BCUT2D eigenvalue weighted by Gasteiger charge is -2.17. The third kappa shape index (κ3) is 2.68. The van der Waals surface area contributed by atoms with E-state index in [0.717, 1.165) is 12.1 Å².